The molecule has 9 heteroatoms. The number of anilines is 2. The molecule has 0 aliphatic heterocycles. The van der Waals surface area contributed by atoms with Gasteiger partial charge >= 0.3 is 0 Å². The summed E-state index contributed by atoms with van der Waals surface area (Å²) < 4.78 is 0. The van der Waals surface area contributed by atoms with Crippen LogP contribution in [-0.4, -0.2) is 41.7 Å². The molecule has 1 fully saturated rings. The predicted octanol–water partition coefficient (Wildman–Crippen LogP) is 4.47. The Morgan fingerprint density at radius 3 is 2.19 bits per heavy atom. The summed E-state index contributed by atoms with van der Waals surface area (Å²) in [5, 5.41) is 6.35. The summed E-state index contributed by atoms with van der Waals surface area (Å²) in [6.45, 7) is 0. The van der Waals surface area contributed by atoms with Crippen molar-refractivity contribution in [1.29, 1.82) is 0 Å². The Balaban J connectivity index is 1.68. The Morgan fingerprint density at radius 2 is 1.58 bits per heavy atom. The first-order valence-electron chi connectivity index (χ1n) is 9.99. The molecule has 2 N–H and O–H groups in total. The Morgan fingerprint density at radius 1 is 0.935 bits per heavy atom. The van der Waals surface area contributed by atoms with Crippen LogP contribution in [0.5, 0.6) is 0 Å². The van der Waals surface area contributed by atoms with E-state index in [1.807, 2.05) is 0 Å². The van der Waals surface area contributed by atoms with E-state index in [1.165, 1.54) is 12.3 Å². The van der Waals surface area contributed by atoms with Crippen LogP contribution in [0.4, 0.5) is 11.5 Å². The first-order valence-corrected chi connectivity index (χ1v) is 10.7. The summed E-state index contributed by atoms with van der Waals surface area (Å²) >= 11 is 11.9. The molecule has 3 amide bonds. The average Bonchev–Trinajstić information content (AvgIpc) is 2.76. The molecule has 0 saturated heterocycles. The lowest BCUT2D eigenvalue weighted by Crippen LogP contribution is -2.35. The third-order valence-corrected chi connectivity index (χ3v) is 5.80. The Kier molecular flexibility index (Phi) is 7.51. The van der Waals surface area contributed by atoms with Crippen molar-refractivity contribution in [3.8, 4) is 0 Å². The van der Waals surface area contributed by atoms with Crippen LogP contribution < -0.4 is 10.6 Å². The van der Waals surface area contributed by atoms with Crippen molar-refractivity contribution in [2.45, 2.75) is 25.7 Å². The number of pyridine rings is 1. The van der Waals surface area contributed by atoms with Gasteiger partial charge in [-0.25, -0.2) is 4.98 Å². The number of halogens is 2. The number of nitrogens with zero attached hydrogens (tertiary/aromatic N) is 2. The van der Waals surface area contributed by atoms with Gasteiger partial charge in [-0.15, -0.1) is 0 Å². The van der Waals surface area contributed by atoms with Crippen molar-refractivity contribution >= 4 is 52.4 Å². The predicted molar refractivity (Wildman–Crippen MR) is 121 cm³/mol. The summed E-state index contributed by atoms with van der Waals surface area (Å²) in [5.74, 6) is -0.440. The maximum Gasteiger partial charge on any atom is 0.258 e. The molecular formula is C22H24Cl2N4O3. The van der Waals surface area contributed by atoms with Gasteiger partial charge in [-0.1, -0.05) is 23.2 Å². The summed E-state index contributed by atoms with van der Waals surface area (Å²) in [4.78, 5) is 43.4. The Hall–Kier alpha value is -2.64. The molecule has 0 bridgehead atoms. The molecule has 1 aromatic heterocycles. The quantitative estimate of drug-likeness (QED) is 0.685. The van der Waals surface area contributed by atoms with Gasteiger partial charge in [-0.3, -0.25) is 14.4 Å². The van der Waals surface area contributed by atoms with Gasteiger partial charge in [-0.05, 0) is 56.0 Å². The number of amides is 3. The van der Waals surface area contributed by atoms with Gasteiger partial charge in [0.15, 0.2) is 0 Å². The highest BCUT2D eigenvalue weighted by atomic mass is 35.5. The van der Waals surface area contributed by atoms with Crippen LogP contribution >= 0.6 is 23.2 Å². The highest BCUT2D eigenvalue weighted by molar-refractivity contribution is 6.31. The first-order chi connectivity index (χ1) is 14.7. The Bertz CT molecular complexity index is 971. The maximum atomic E-state index is 12.8. The first kappa shape index (κ1) is 23.0. The Labute approximate surface area is 191 Å². The van der Waals surface area contributed by atoms with Crippen LogP contribution in [0.1, 0.15) is 36.0 Å². The second-order valence-corrected chi connectivity index (χ2v) is 8.65. The van der Waals surface area contributed by atoms with Gasteiger partial charge < -0.3 is 15.5 Å². The van der Waals surface area contributed by atoms with Crippen molar-refractivity contribution in [2.24, 2.45) is 11.8 Å². The third kappa shape index (κ3) is 5.95. The monoisotopic (exact) mass is 462 g/mol. The standard InChI is InChI=1S/C22H24Cl2N4O3/c1-28(2)22(31)14-5-3-13(4-6-14)20(29)26-18-9-7-15(23)11-17(18)21(30)27-19-10-8-16(24)12-25-19/h7-14H,3-6H2,1-2H3,(H,26,29)(H,25,27,30)/t13-,14-. The van der Waals surface area contributed by atoms with E-state index >= 15 is 0 Å². The van der Waals surface area contributed by atoms with Crippen LogP contribution in [0.25, 0.3) is 0 Å². The average molecular weight is 463 g/mol. The van der Waals surface area contributed by atoms with Crippen LogP contribution in [-0.2, 0) is 9.59 Å². The largest absolute Gasteiger partial charge is 0.349 e. The molecule has 1 heterocycles. The number of hydrogen-bond donors (Lipinski definition) is 2. The van der Waals surface area contributed by atoms with E-state index in [-0.39, 0.29) is 29.2 Å². The van der Waals surface area contributed by atoms with Gasteiger partial charge in [0.2, 0.25) is 11.8 Å². The molecular weight excluding hydrogens is 439 g/mol. The van der Waals surface area contributed by atoms with E-state index in [1.54, 1.807) is 43.3 Å². The van der Waals surface area contributed by atoms with Crippen LogP contribution in [0.3, 0.4) is 0 Å². The molecule has 1 saturated carbocycles. The lowest BCUT2D eigenvalue weighted by atomic mass is 9.81. The van der Waals surface area contributed by atoms with E-state index < -0.39 is 5.91 Å². The minimum absolute atomic E-state index is 0.0391. The van der Waals surface area contributed by atoms with Crippen LogP contribution in [0, 0.1) is 11.8 Å². The molecule has 7 nitrogen and oxygen atoms in total. The van der Waals surface area contributed by atoms with Crippen LogP contribution in [0.2, 0.25) is 10.0 Å². The molecule has 1 aliphatic rings. The molecule has 0 unspecified atom stereocenters. The van der Waals surface area contributed by atoms with Crippen LogP contribution in [0.15, 0.2) is 36.5 Å². The number of benzene rings is 1. The fraction of sp³-hybridized carbons (Fsp3) is 0.364. The number of nitrogens with one attached hydrogen (secondary N) is 2. The third-order valence-electron chi connectivity index (χ3n) is 5.34. The van der Waals surface area contributed by atoms with E-state index in [2.05, 4.69) is 15.6 Å². The van der Waals surface area contributed by atoms with Crippen molar-refractivity contribution in [1.82, 2.24) is 9.88 Å². The highest BCUT2D eigenvalue weighted by Gasteiger charge is 2.31. The minimum Gasteiger partial charge on any atom is -0.349 e. The summed E-state index contributed by atoms with van der Waals surface area (Å²) in [6, 6.07) is 7.90. The van der Waals surface area contributed by atoms with E-state index in [0.29, 0.717) is 47.2 Å². The van der Waals surface area contributed by atoms with Gasteiger partial charge in [0.05, 0.1) is 16.3 Å². The fourth-order valence-corrected chi connectivity index (χ4v) is 3.93. The smallest absolute Gasteiger partial charge is 0.258 e. The molecule has 0 spiro atoms. The zero-order chi connectivity index (χ0) is 22.5. The zero-order valence-corrected chi connectivity index (χ0v) is 18.8. The van der Waals surface area contributed by atoms with Crippen molar-refractivity contribution in [3.63, 3.8) is 0 Å². The molecule has 1 aromatic carbocycles. The SMILES string of the molecule is CN(C)C(=O)[C@H]1CC[C@H](C(=O)Nc2ccc(Cl)cc2C(=O)Nc2ccc(Cl)cn2)CC1. The number of aromatic nitrogens is 1. The summed E-state index contributed by atoms with van der Waals surface area (Å²) in [6.07, 6.45) is 4.02. The molecule has 164 valence electrons. The van der Waals surface area contributed by atoms with Gasteiger partial charge in [-0.2, -0.15) is 0 Å². The molecule has 0 radical (unpaired) electrons. The van der Waals surface area contributed by atoms with Crippen molar-refractivity contribution in [3.05, 3.63) is 52.1 Å². The number of rotatable bonds is 5. The number of carbonyl (C=O) groups excluding carboxylic acids is 3. The van der Waals surface area contributed by atoms with E-state index in [9.17, 15) is 14.4 Å². The van der Waals surface area contributed by atoms with Gasteiger partial charge in [0, 0.05) is 37.2 Å². The highest BCUT2D eigenvalue weighted by Crippen LogP contribution is 2.31. The second-order valence-electron chi connectivity index (χ2n) is 7.78. The number of hydrogen-bond acceptors (Lipinski definition) is 4. The molecule has 3 rings (SSSR count). The fourth-order valence-electron chi connectivity index (χ4n) is 3.65. The topological polar surface area (TPSA) is 91.4 Å². The lowest BCUT2D eigenvalue weighted by molar-refractivity contribution is -0.135. The summed E-state index contributed by atoms with van der Waals surface area (Å²) in [5.41, 5.74) is 0.599. The lowest BCUT2D eigenvalue weighted by Gasteiger charge is -2.28. The second kappa shape index (κ2) is 10.1. The van der Waals surface area contributed by atoms with Crippen molar-refractivity contribution in [2.75, 3.05) is 24.7 Å². The molecule has 1 aliphatic carbocycles. The maximum absolute atomic E-state index is 12.8. The zero-order valence-electron chi connectivity index (χ0n) is 17.3. The normalized spacial score (nSPS) is 18.2. The molecule has 0 atom stereocenters. The number of carbonyl (C=O) groups is 3. The molecule has 31 heavy (non-hydrogen) atoms. The minimum atomic E-state index is -0.451. The van der Waals surface area contributed by atoms with Crippen molar-refractivity contribution < 1.29 is 14.4 Å². The molecule has 2 aromatic rings. The van der Waals surface area contributed by atoms with E-state index in [4.69, 9.17) is 23.2 Å². The van der Waals surface area contributed by atoms with E-state index in [0.717, 1.165) is 0 Å². The van der Waals surface area contributed by atoms with Gasteiger partial charge in [0.1, 0.15) is 5.82 Å². The summed E-state index contributed by atoms with van der Waals surface area (Å²) in [7, 11) is 3.49. The van der Waals surface area contributed by atoms with Gasteiger partial charge in [0.25, 0.3) is 5.91 Å².